The Morgan fingerprint density at radius 1 is 1.19 bits per heavy atom. The summed E-state index contributed by atoms with van der Waals surface area (Å²) < 4.78 is 6.19. The largest absolute Gasteiger partial charge is 0.482 e. The molecule has 0 aliphatic carbocycles. The molecule has 2 aromatic carbocycles. The van der Waals surface area contributed by atoms with Crippen molar-refractivity contribution in [3.63, 3.8) is 0 Å². The van der Waals surface area contributed by atoms with Gasteiger partial charge in [-0.2, -0.15) is 0 Å². The van der Waals surface area contributed by atoms with E-state index in [-0.39, 0.29) is 12.5 Å². The van der Waals surface area contributed by atoms with Crippen LogP contribution in [0.3, 0.4) is 0 Å². The molecule has 2 amide bonds. The number of carbonyl (C=O) groups excluding carboxylic acids is 2. The fourth-order valence-corrected chi connectivity index (χ4v) is 4.09. The third-order valence-corrected chi connectivity index (χ3v) is 5.61. The highest BCUT2D eigenvalue weighted by molar-refractivity contribution is 7.14. The zero-order chi connectivity index (χ0) is 22.2. The van der Waals surface area contributed by atoms with Gasteiger partial charge in [0.25, 0.3) is 11.5 Å². The lowest BCUT2D eigenvalue weighted by Crippen LogP contribution is -2.38. The van der Waals surface area contributed by atoms with Crippen LogP contribution in [-0.4, -0.2) is 33.0 Å². The van der Waals surface area contributed by atoms with Gasteiger partial charge in [-0.1, -0.05) is 12.1 Å². The summed E-state index contributed by atoms with van der Waals surface area (Å²) in [5.74, 6) is -0.220. The molecular weight excluding hydrogens is 434 g/mol. The summed E-state index contributed by atoms with van der Waals surface area (Å²) in [6, 6.07) is 11.9. The number of nitrogens with one attached hydrogen (secondary N) is 3. The zero-order valence-electron chi connectivity index (χ0n) is 16.4. The summed E-state index contributed by atoms with van der Waals surface area (Å²) in [6.45, 7) is -0.474. The third kappa shape index (κ3) is 3.65. The number of benzene rings is 2. The van der Waals surface area contributed by atoms with Crippen LogP contribution >= 0.6 is 11.3 Å². The maximum absolute atomic E-state index is 12.6. The Morgan fingerprint density at radius 3 is 2.91 bits per heavy atom. The van der Waals surface area contributed by atoms with Crippen LogP contribution in [0.15, 0.2) is 57.4 Å². The molecule has 0 radical (unpaired) electrons. The Balaban J connectivity index is 1.34. The second-order valence-corrected chi connectivity index (χ2v) is 7.86. The average Bonchev–Trinajstić information content (AvgIpc) is 3.24. The molecule has 0 unspecified atom stereocenters. The fourth-order valence-electron chi connectivity index (χ4n) is 3.35. The predicted molar refractivity (Wildman–Crippen MR) is 119 cm³/mol. The first kappa shape index (κ1) is 19.7. The standard InChI is InChI=1S/C21H15N5O5S/c27-17(8-26-19(29)12-3-1-2-4-13(12)24-21(26)30)25-20-23-15(10-32-20)11-5-6-16-14(7-11)22-18(28)9-31-16/h1-7,10H,8-9H2,(H,22,28)(H,24,30)(H,23,25,27). The van der Waals surface area contributed by atoms with Gasteiger partial charge in [-0.3, -0.25) is 19.0 Å². The highest BCUT2D eigenvalue weighted by atomic mass is 32.1. The van der Waals surface area contributed by atoms with E-state index in [0.29, 0.717) is 33.2 Å². The number of carbonyl (C=O) groups is 2. The van der Waals surface area contributed by atoms with E-state index in [2.05, 4.69) is 20.6 Å². The number of amides is 2. The molecule has 0 saturated heterocycles. The van der Waals surface area contributed by atoms with E-state index >= 15 is 0 Å². The van der Waals surface area contributed by atoms with Gasteiger partial charge in [-0.25, -0.2) is 9.78 Å². The van der Waals surface area contributed by atoms with Crippen LogP contribution < -0.4 is 26.6 Å². The third-order valence-electron chi connectivity index (χ3n) is 4.85. The van der Waals surface area contributed by atoms with Crippen LogP contribution in [0.1, 0.15) is 0 Å². The Labute approximate surface area is 183 Å². The van der Waals surface area contributed by atoms with E-state index in [0.717, 1.165) is 10.1 Å². The van der Waals surface area contributed by atoms with E-state index in [1.54, 1.807) is 47.8 Å². The minimum absolute atomic E-state index is 0.0254. The van der Waals surface area contributed by atoms with Crippen LogP contribution in [0.25, 0.3) is 22.2 Å². The highest BCUT2D eigenvalue weighted by Crippen LogP contribution is 2.33. The summed E-state index contributed by atoms with van der Waals surface area (Å²) in [5.41, 5.74) is 1.07. The quantitative estimate of drug-likeness (QED) is 0.435. The summed E-state index contributed by atoms with van der Waals surface area (Å²) in [7, 11) is 0. The van der Waals surface area contributed by atoms with Crippen LogP contribution in [0, 0.1) is 0 Å². The molecule has 11 heteroatoms. The Bertz CT molecular complexity index is 1500. The van der Waals surface area contributed by atoms with Gasteiger partial charge in [0, 0.05) is 10.9 Å². The molecule has 160 valence electrons. The normalized spacial score (nSPS) is 12.7. The number of hydrogen-bond donors (Lipinski definition) is 3. The number of nitrogens with zero attached hydrogens (tertiary/aromatic N) is 2. The maximum atomic E-state index is 12.6. The van der Waals surface area contributed by atoms with Gasteiger partial charge in [0.1, 0.15) is 12.3 Å². The van der Waals surface area contributed by atoms with Crippen LogP contribution in [0.2, 0.25) is 0 Å². The molecule has 0 bridgehead atoms. The van der Waals surface area contributed by atoms with Crippen molar-refractivity contribution in [1.29, 1.82) is 0 Å². The second-order valence-electron chi connectivity index (χ2n) is 7.00. The number of thiazole rings is 1. The van der Waals surface area contributed by atoms with Gasteiger partial charge in [0.2, 0.25) is 5.91 Å². The van der Waals surface area contributed by atoms with Crippen LogP contribution in [-0.2, 0) is 16.1 Å². The van der Waals surface area contributed by atoms with Gasteiger partial charge in [0.15, 0.2) is 11.7 Å². The molecule has 0 saturated carbocycles. The molecule has 0 spiro atoms. The molecular formula is C21H15N5O5S. The molecule has 3 N–H and O–H groups in total. The topological polar surface area (TPSA) is 135 Å². The monoisotopic (exact) mass is 449 g/mol. The van der Waals surface area contributed by atoms with Crippen molar-refractivity contribution >= 4 is 44.9 Å². The smallest absolute Gasteiger partial charge is 0.329 e. The van der Waals surface area contributed by atoms with E-state index in [1.165, 1.54) is 11.3 Å². The van der Waals surface area contributed by atoms with Crippen molar-refractivity contribution in [2.24, 2.45) is 0 Å². The lowest BCUT2D eigenvalue weighted by atomic mass is 10.1. The molecule has 2 aromatic heterocycles. The van der Waals surface area contributed by atoms with Gasteiger partial charge in [-0.05, 0) is 30.3 Å². The minimum Gasteiger partial charge on any atom is -0.482 e. The van der Waals surface area contributed by atoms with E-state index < -0.39 is 23.7 Å². The molecule has 5 rings (SSSR count). The number of ether oxygens (including phenoxy) is 1. The maximum Gasteiger partial charge on any atom is 0.329 e. The van der Waals surface area contributed by atoms with Crippen molar-refractivity contribution < 1.29 is 14.3 Å². The number of anilines is 2. The summed E-state index contributed by atoms with van der Waals surface area (Å²) in [6.07, 6.45) is 0. The number of H-pyrrole nitrogens is 1. The molecule has 32 heavy (non-hydrogen) atoms. The van der Waals surface area contributed by atoms with Crippen LogP contribution in [0.4, 0.5) is 10.8 Å². The highest BCUT2D eigenvalue weighted by Gasteiger charge is 2.18. The first-order valence-electron chi connectivity index (χ1n) is 9.52. The first-order valence-corrected chi connectivity index (χ1v) is 10.4. The second kappa shape index (κ2) is 7.78. The zero-order valence-corrected chi connectivity index (χ0v) is 17.2. The SMILES string of the molecule is O=C(Cn1c(=O)[nH]c2ccccc2c1=O)Nc1nc(-c2ccc3c(c2)NC(=O)CO3)cs1. The van der Waals surface area contributed by atoms with Gasteiger partial charge >= 0.3 is 5.69 Å². The fraction of sp³-hybridized carbons (Fsp3) is 0.0952. The Hall–Kier alpha value is -4.25. The minimum atomic E-state index is -0.665. The van der Waals surface area contributed by atoms with Crippen molar-refractivity contribution in [3.8, 4) is 17.0 Å². The van der Waals surface area contributed by atoms with Crippen molar-refractivity contribution in [2.75, 3.05) is 17.2 Å². The van der Waals surface area contributed by atoms with E-state index in [4.69, 9.17) is 4.74 Å². The number of para-hydroxylation sites is 1. The summed E-state index contributed by atoms with van der Waals surface area (Å²) >= 11 is 1.20. The number of fused-ring (bicyclic) bond motifs is 2. The molecule has 1 aliphatic heterocycles. The number of aromatic nitrogens is 3. The van der Waals surface area contributed by atoms with Gasteiger partial charge < -0.3 is 20.4 Å². The average molecular weight is 449 g/mol. The van der Waals surface area contributed by atoms with Crippen molar-refractivity contribution in [2.45, 2.75) is 6.54 Å². The Kier molecular flexibility index (Phi) is 4.79. The summed E-state index contributed by atoms with van der Waals surface area (Å²) in [5, 5.41) is 7.73. The van der Waals surface area contributed by atoms with Crippen LogP contribution in [0.5, 0.6) is 5.75 Å². The Morgan fingerprint density at radius 2 is 2.03 bits per heavy atom. The molecule has 4 aromatic rings. The molecule has 1 aliphatic rings. The lowest BCUT2D eigenvalue weighted by Gasteiger charge is -2.18. The van der Waals surface area contributed by atoms with Crippen molar-refractivity contribution in [3.05, 3.63) is 68.7 Å². The van der Waals surface area contributed by atoms with E-state index in [1.807, 2.05) is 0 Å². The molecule has 0 atom stereocenters. The molecule has 3 heterocycles. The lowest BCUT2D eigenvalue weighted by molar-refractivity contribution is -0.118. The first-order chi connectivity index (χ1) is 15.5. The molecule has 0 fully saturated rings. The number of rotatable bonds is 4. The van der Waals surface area contributed by atoms with Crippen molar-refractivity contribution in [1.82, 2.24) is 14.5 Å². The summed E-state index contributed by atoms with van der Waals surface area (Å²) in [4.78, 5) is 55.8. The number of aromatic amines is 1. The van der Waals surface area contributed by atoms with Gasteiger partial charge in [-0.15, -0.1) is 11.3 Å². The molecule has 10 nitrogen and oxygen atoms in total. The number of hydrogen-bond acceptors (Lipinski definition) is 7. The van der Waals surface area contributed by atoms with Gasteiger partial charge in [0.05, 0.1) is 22.3 Å². The van der Waals surface area contributed by atoms with E-state index in [9.17, 15) is 19.2 Å². The predicted octanol–water partition coefficient (Wildman–Crippen LogP) is 1.78.